The van der Waals surface area contributed by atoms with E-state index in [0.717, 1.165) is 10.9 Å². The van der Waals surface area contributed by atoms with Crippen molar-refractivity contribution >= 4 is 22.5 Å². The van der Waals surface area contributed by atoms with Crippen LogP contribution in [0.4, 0.5) is 5.69 Å². The van der Waals surface area contributed by atoms with Gasteiger partial charge in [-0.15, -0.1) is 0 Å². The topological polar surface area (TPSA) is 81.8 Å². The molecule has 7 heteroatoms. The van der Waals surface area contributed by atoms with E-state index < -0.39 is 11.5 Å². The van der Waals surface area contributed by atoms with E-state index >= 15 is 0 Å². The Morgan fingerprint density at radius 1 is 1.24 bits per heavy atom. The molecule has 0 unspecified atom stereocenters. The summed E-state index contributed by atoms with van der Waals surface area (Å²) in [5.41, 5.74) is 2.51. The van der Waals surface area contributed by atoms with Crippen molar-refractivity contribution in [3.8, 4) is 0 Å². The molecule has 7 nitrogen and oxygen atoms in total. The Morgan fingerprint density at radius 3 is 2.64 bits per heavy atom. The van der Waals surface area contributed by atoms with Gasteiger partial charge in [0.15, 0.2) is 0 Å². The van der Waals surface area contributed by atoms with Crippen LogP contribution in [-0.4, -0.2) is 25.5 Å². The predicted octanol–water partition coefficient (Wildman–Crippen LogP) is 2.58. The van der Waals surface area contributed by atoms with Gasteiger partial charge in [0.1, 0.15) is 5.56 Å². The monoisotopic (exact) mass is 339 g/mol. The second kappa shape index (κ2) is 6.16. The molecule has 0 aliphatic rings. The summed E-state index contributed by atoms with van der Waals surface area (Å²) >= 11 is 0. The summed E-state index contributed by atoms with van der Waals surface area (Å²) in [5.74, 6) is -0.432. The zero-order valence-corrected chi connectivity index (χ0v) is 15.0. The van der Waals surface area contributed by atoms with Gasteiger partial charge in [-0.3, -0.25) is 14.3 Å². The number of rotatable bonds is 3. The van der Waals surface area contributed by atoms with E-state index in [-0.39, 0.29) is 11.6 Å². The van der Waals surface area contributed by atoms with E-state index in [1.54, 1.807) is 33.2 Å². The molecule has 0 radical (unpaired) electrons. The van der Waals surface area contributed by atoms with Crippen LogP contribution in [-0.2, 0) is 7.05 Å². The first-order valence-corrected chi connectivity index (χ1v) is 8.12. The summed E-state index contributed by atoms with van der Waals surface area (Å²) in [6.45, 7) is 7.60. The molecule has 0 spiro atoms. The number of nitrogens with one attached hydrogen (secondary N) is 1. The molecule has 0 saturated carbocycles. The standard InChI is InChI=1S/C18H21N5O2/c1-10(2)23-15-8-14(7-6-13(15)9-19-23)20-17(24)16-11(3)12(4)21-22(5)18(16)25/h6-10H,1-5H3,(H,20,24). The molecule has 0 aliphatic heterocycles. The molecule has 0 atom stereocenters. The molecule has 0 bridgehead atoms. The summed E-state index contributed by atoms with van der Waals surface area (Å²) < 4.78 is 3.08. The average molecular weight is 339 g/mol. The molecule has 1 N–H and O–H groups in total. The van der Waals surface area contributed by atoms with Crippen LogP contribution in [0.1, 0.15) is 41.5 Å². The number of amides is 1. The second-order valence-electron chi connectivity index (χ2n) is 6.42. The smallest absolute Gasteiger partial charge is 0.279 e. The summed E-state index contributed by atoms with van der Waals surface area (Å²) in [7, 11) is 1.54. The van der Waals surface area contributed by atoms with E-state index in [1.165, 1.54) is 4.68 Å². The third kappa shape index (κ3) is 2.93. The van der Waals surface area contributed by atoms with Crippen LogP contribution in [0.5, 0.6) is 0 Å². The lowest BCUT2D eigenvalue weighted by Gasteiger charge is -2.11. The van der Waals surface area contributed by atoms with Crippen LogP contribution in [0, 0.1) is 13.8 Å². The minimum atomic E-state index is -0.432. The predicted molar refractivity (Wildman–Crippen MR) is 97.0 cm³/mol. The minimum Gasteiger partial charge on any atom is -0.322 e. The number of nitrogens with zero attached hydrogens (tertiary/aromatic N) is 4. The maximum Gasteiger partial charge on any atom is 0.279 e. The SMILES string of the molecule is Cc1nn(C)c(=O)c(C(=O)Nc2ccc3cnn(C(C)C)c3c2)c1C. The van der Waals surface area contributed by atoms with Gasteiger partial charge in [-0.1, -0.05) is 0 Å². The Morgan fingerprint density at radius 2 is 1.96 bits per heavy atom. The normalized spacial score (nSPS) is 11.3. The maximum absolute atomic E-state index is 12.7. The quantitative estimate of drug-likeness (QED) is 0.795. The number of hydrogen-bond donors (Lipinski definition) is 1. The molecule has 25 heavy (non-hydrogen) atoms. The molecule has 1 aromatic carbocycles. The van der Waals surface area contributed by atoms with Crippen molar-refractivity contribution in [2.75, 3.05) is 5.32 Å². The molecule has 3 aromatic rings. The summed E-state index contributed by atoms with van der Waals surface area (Å²) in [4.78, 5) is 25.0. The van der Waals surface area contributed by atoms with Gasteiger partial charge in [-0.25, -0.2) is 4.68 Å². The molecule has 3 rings (SSSR count). The van der Waals surface area contributed by atoms with Gasteiger partial charge < -0.3 is 5.32 Å². The molecule has 130 valence electrons. The van der Waals surface area contributed by atoms with Gasteiger partial charge in [0, 0.05) is 24.2 Å². The van der Waals surface area contributed by atoms with Crippen LogP contribution in [0.3, 0.4) is 0 Å². The number of carbonyl (C=O) groups is 1. The molecule has 2 heterocycles. The number of benzene rings is 1. The van der Waals surface area contributed by atoms with E-state index in [9.17, 15) is 9.59 Å². The Kier molecular flexibility index (Phi) is 4.16. The van der Waals surface area contributed by atoms with Gasteiger partial charge in [-0.05, 0) is 51.5 Å². The molecular formula is C18H21N5O2. The number of aryl methyl sites for hydroxylation is 2. The first-order chi connectivity index (χ1) is 11.8. The highest BCUT2D eigenvalue weighted by Crippen LogP contribution is 2.22. The fraction of sp³-hybridized carbons (Fsp3) is 0.333. The van der Waals surface area contributed by atoms with Gasteiger partial charge in [0.2, 0.25) is 0 Å². The first kappa shape index (κ1) is 16.9. The summed E-state index contributed by atoms with van der Waals surface area (Å²) in [5, 5.41) is 12.3. The van der Waals surface area contributed by atoms with Crippen LogP contribution in [0.25, 0.3) is 10.9 Å². The van der Waals surface area contributed by atoms with Crippen molar-refractivity contribution in [2.45, 2.75) is 33.7 Å². The largest absolute Gasteiger partial charge is 0.322 e. The second-order valence-corrected chi connectivity index (χ2v) is 6.42. The maximum atomic E-state index is 12.7. The Hall–Kier alpha value is -2.96. The molecule has 2 aromatic heterocycles. The highest BCUT2D eigenvalue weighted by Gasteiger charge is 2.18. The van der Waals surface area contributed by atoms with Crippen LogP contribution in [0.2, 0.25) is 0 Å². The Labute approximate surface area is 145 Å². The van der Waals surface area contributed by atoms with E-state index in [2.05, 4.69) is 15.5 Å². The van der Waals surface area contributed by atoms with Gasteiger partial charge in [0.25, 0.3) is 11.5 Å². The highest BCUT2D eigenvalue weighted by atomic mass is 16.2. The Balaban J connectivity index is 2.01. The number of hydrogen-bond acceptors (Lipinski definition) is 4. The number of fused-ring (bicyclic) bond motifs is 1. The lowest BCUT2D eigenvalue weighted by Crippen LogP contribution is -2.31. The van der Waals surface area contributed by atoms with Gasteiger partial charge >= 0.3 is 0 Å². The van der Waals surface area contributed by atoms with Gasteiger partial charge in [0.05, 0.1) is 17.4 Å². The Bertz CT molecular complexity index is 1030. The lowest BCUT2D eigenvalue weighted by molar-refractivity contribution is 0.102. The zero-order chi connectivity index (χ0) is 18.3. The fourth-order valence-corrected chi connectivity index (χ4v) is 2.84. The molecule has 0 fully saturated rings. The summed E-state index contributed by atoms with van der Waals surface area (Å²) in [6.07, 6.45) is 1.80. The van der Waals surface area contributed by atoms with Crippen LogP contribution < -0.4 is 10.9 Å². The van der Waals surface area contributed by atoms with E-state index in [0.29, 0.717) is 16.9 Å². The van der Waals surface area contributed by atoms with E-state index in [4.69, 9.17) is 0 Å². The molecule has 0 aliphatic carbocycles. The first-order valence-electron chi connectivity index (χ1n) is 8.12. The number of anilines is 1. The van der Waals surface area contributed by atoms with Crippen molar-refractivity contribution in [2.24, 2.45) is 7.05 Å². The van der Waals surface area contributed by atoms with Crippen molar-refractivity contribution in [3.05, 3.63) is 51.6 Å². The van der Waals surface area contributed by atoms with Crippen molar-refractivity contribution in [1.29, 1.82) is 0 Å². The molecule has 0 saturated heterocycles. The van der Waals surface area contributed by atoms with Crippen molar-refractivity contribution < 1.29 is 4.79 Å². The third-order valence-corrected chi connectivity index (χ3v) is 4.30. The van der Waals surface area contributed by atoms with E-state index in [1.807, 2.05) is 30.7 Å². The number of carbonyl (C=O) groups excluding carboxylic acids is 1. The molecule has 1 amide bonds. The van der Waals surface area contributed by atoms with Crippen molar-refractivity contribution in [3.63, 3.8) is 0 Å². The fourth-order valence-electron chi connectivity index (χ4n) is 2.84. The molecular weight excluding hydrogens is 318 g/mol. The van der Waals surface area contributed by atoms with Crippen LogP contribution in [0.15, 0.2) is 29.2 Å². The summed E-state index contributed by atoms with van der Waals surface area (Å²) in [6, 6.07) is 5.79. The minimum absolute atomic E-state index is 0.118. The van der Waals surface area contributed by atoms with Gasteiger partial charge in [-0.2, -0.15) is 10.2 Å². The van der Waals surface area contributed by atoms with Crippen molar-refractivity contribution in [1.82, 2.24) is 19.6 Å². The third-order valence-electron chi connectivity index (χ3n) is 4.30. The lowest BCUT2D eigenvalue weighted by atomic mass is 10.1. The highest BCUT2D eigenvalue weighted by molar-refractivity contribution is 6.05. The zero-order valence-electron chi connectivity index (χ0n) is 15.0. The average Bonchev–Trinajstić information content (AvgIpc) is 2.96. The van der Waals surface area contributed by atoms with Crippen LogP contribution >= 0.6 is 0 Å². The number of aromatic nitrogens is 4.